The largest absolute Gasteiger partial charge is 0.483 e. The normalized spacial score (nSPS) is 48.6. The summed E-state index contributed by atoms with van der Waals surface area (Å²) in [4.78, 5) is 36.8. The van der Waals surface area contributed by atoms with Gasteiger partial charge in [-0.1, -0.05) is 13.8 Å². The van der Waals surface area contributed by atoms with Crippen molar-refractivity contribution < 1.29 is 23.9 Å². The Labute approximate surface area is 166 Å². The van der Waals surface area contributed by atoms with E-state index in [1.165, 1.54) is 12.5 Å². The van der Waals surface area contributed by atoms with Gasteiger partial charge in [-0.15, -0.1) is 0 Å². The molecule has 0 aromatic rings. The number of esters is 1. The quantitative estimate of drug-likeness (QED) is 0.534. The first kappa shape index (κ1) is 18.4. The van der Waals surface area contributed by atoms with Gasteiger partial charge in [0.2, 0.25) is 0 Å². The van der Waals surface area contributed by atoms with Gasteiger partial charge in [-0.25, -0.2) is 0 Å². The Morgan fingerprint density at radius 3 is 2.46 bits per heavy atom. The summed E-state index contributed by atoms with van der Waals surface area (Å²) < 4.78 is 11.9. The number of fused-ring (bicyclic) bond motifs is 7. The number of carbonyl (C=O) groups excluding carboxylic acids is 3. The van der Waals surface area contributed by atoms with Crippen molar-refractivity contribution in [2.45, 2.75) is 84.3 Å². The SMILES string of the molecule is CC(=O)O[C@]1(C(C)=O)CCC2C3C(CC[C@@]21C)[C@@]1(C)CCC(=O)CC1=C1O[C@H]13. The Hall–Kier alpha value is -1.65. The van der Waals surface area contributed by atoms with E-state index in [-0.39, 0.29) is 28.7 Å². The summed E-state index contributed by atoms with van der Waals surface area (Å²) in [6.07, 6.45) is 5.60. The molecule has 1 aliphatic heterocycles. The van der Waals surface area contributed by atoms with Crippen LogP contribution in [0.5, 0.6) is 0 Å². The number of hydrogen-bond acceptors (Lipinski definition) is 5. The van der Waals surface area contributed by atoms with Crippen molar-refractivity contribution in [3.8, 4) is 0 Å². The van der Waals surface area contributed by atoms with E-state index in [0.29, 0.717) is 42.8 Å². The summed E-state index contributed by atoms with van der Waals surface area (Å²) in [5.41, 5.74) is -0.0576. The summed E-state index contributed by atoms with van der Waals surface area (Å²) in [5.74, 6) is 2.13. The molecule has 0 amide bonds. The molecule has 4 aliphatic carbocycles. The standard InChI is InChI=1S/C23H30O5/c1-12(24)23(28-13(2)25)10-7-16-18-15(6-9-22(16,23)4)21(3)8-5-14(26)11-17(21)19-20(18)27-19/h15-16,18,20H,5-11H2,1-4H3/t15?,16?,18?,20-,21+,22-,23-/m0/s1. The van der Waals surface area contributed by atoms with E-state index >= 15 is 0 Å². The fourth-order valence-corrected chi connectivity index (χ4v) is 7.84. The summed E-state index contributed by atoms with van der Waals surface area (Å²) in [7, 11) is 0. The van der Waals surface area contributed by atoms with E-state index in [1.54, 1.807) is 6.92 Å². The van der Waals surface area contributed by atoms with Crippen LogP contribution in [-0.4, -0.2) is 29.2 Å². The van der Waals surface area contributed by atoms with Gasteiger partial charge in [-0.2, -0.15) is 0 Å². The maximum Gasteiger partial charge on any atom is 0.303 e. The first-order valence-corrected chi connectivity index (χ1v) is 10.8. The van der Waals surface area contributed by atoms with Crippen molar-refractivity contribution in [3.05, 3.63) is 11.3 Å². The molecule has 1 saturated heterocycles. The van der Waals surface area contributed by atoms with E-state index in [1.807, 2.05) is 0 Å². The monoisotopic (exact) mass is 386 g/mol. The number of carbonyl (C=O) groups is 3. The lowest BCUT2D eigenvalue weighted by molar-refractivity contribution is -0.187. The van der Waals surface area contributed by atoms with Crippen LogP contribution < -0.4 is 0 Å². The van der Waals surface area contributed by atoms with Crippen LogP contribution >= 0.6 is 0 Å². The molecule has 0 aromatic heterocycles. The summed E-state index contributed by atoms with van der Waals surface area (Å²) in [6, 6.07) is 0. The number of ketones is 2. The Kier molecular flexibility index (Phi) is 3.60. The lowest BCUT2D eigenvalue weighted by atomic mass is 9.47. The molecular weight excluding hydrogens is 356 g/mol. The number of rotatable bonds is 2. The molecule has 152 valence electrons. The molecule has 5 heteroatoms. The van der Waals surface area contributed by atoms with Crippen molar-refractivity contribution in [3.63, 3.8) is 0 Å². The van der Waals surface area contributed by atoms with Crippen LogP contribution in [0.1, 0.15) is 72.6 Å². The van der Waals surface area contributed by atoms with Gasteiger partial charge in [0.25, 0.3) is 0 Å². The van der Waals surface area contributed by atoms with Gasteiger partial charge in [0.15, 0.2) is 17.5 Å². The highest BCUT2D eigenvalue weighted by molar-refractivity contribution is 5.89. The first-order chi connectivity index (χ1) is 13.1. The Balaban J connectivity index is 1.56. The minimum Gasteiger partial charge on any atom is -0.483 e. The third kappa shape index (κ3) is 2.06. The minimum atomic E-state index is -1.00. The molecule has 4 fully saturated rings. The number of hydrogen-bond donors (Lipinski definition) is 0. The van der Waals surface area contributed by atoms with Crippen LogP contribution in [0, 0.1) is 28.6 Å². The molecular formula is C23H30O5. The Morgan fingerprint density at radius 1 is 1.07 bits per heavy atom. The van der Waals surface area contributed by atoms with Crippen molar-refractivity contribution in [1.29, 1.82) is 0 Å². The van der Waals surface area contributed by atoms with Gasteiger partial charge < -0.3 is 9.47 Å². The zero-order valence-corrected chi connectivity index (χ0v) is 17.3. The third-order valence-electron chi connectivity index (χ3n) is 9.25. The molecule has 7 atom stereocenters. The van der Waals surface area contributed by atoms with Gasteiger partial charge in [-0.05, 0) is 61.9 Å². The molecule has 28 heavy (non-hydrogen) atoms. The van der Waals surface area contributed by atoms with Crippen molar-refractivity contribution in [1.82, 2.24) is 0 Å². The average molecular weight is 386 g/mol. The van der Waals surface area contributed by atoms with Crippen LogP contribution in [0.2, 0.25) is 0 Å². The Bertz CT molecular complexity index is 827. The highest BCUT2D eigenvalue weighted by Crippen LogP contribution is 2.71. The molecule has 0 N–H and O–H groups in total. The molecule has 0 aromatic carbocycles. The molecule has 0 radical (unpaired) electrons. The van der Waals surface area contributed by atoms with Gasteiger partial charge in [0.05, 0.1) is 0 Å². The Morgan fingerprint density at radius 2 is 1.79 bits per heavy atom. The molecule has 5 nitrogen and oxygen atoms in total. The first-order valence-electron chi connectivity index (χ1n) is 10.8. The number of ether oxygens (including phenoxy) is 2. The molecule has 5 aliphatic rings. The second kappa shape index (κ2) is 5.48. The van der Waals surface area contributed by atoms with Crippen molar-refractivity contribution >= 4 is 17.5 Å². The number of Topliss-reactive ketones (excluding diaryl/α,β-unsaturated/α-hetero) is 2. The van der Waals surface area contributed by atoms with Crippen molar-refractivity contribution in [2.75, 3.05) is 0 Å². The fourth-order valence-electron chi connectivity index (χ4n) is 7.84. The minimum absolute atomic E-state index is 0.0235. The van der Waals surface area contributed by atoms with Crippen molar-refractivity contribution in [2.24, 2.45) is 28.6 Å². The molecule has 0 bridgehead atoms. The summed E-state index contributed by atoms with van der Waals surface area (Å²) in [6.45, 7) is 7.48. The van der Waals surface area contributed by atoms with Crippen LogP contribution in [-0.2, 0) is 23.9 Å². The molecule has 3 saturated carbocycles. The summed E-state index contributed by atoms with van der Waals surface area (Å²) in [5, 5.41) is 0. The van der Waals surface area contributed by atoms with Crippen LogP contribution in [0.4, 0.5) is 0 Å². The number of epoxide rings is 1. The second-order valence-corrected chi connectivity index (χ2v) is 10.3. The van der Waals surface area contributed by atoms with E-state index in [0.717, 1.165) is 31.4 Å². The van der Waals surface area contributed by atoms with Gasteiger partial charge in [-0.3, -0.25) is 14.4 Å². The highest BCUT2D eigenvalue weighted by atomic mass is 16.6. The maximum atomic E-state index is 12.8. The van der Waals surface area contributed by atoms with E-state index in [2.05, 4.69) is 13.8 Å². The molecule has 0 spiro atoms. The highest BCUT2D eigenvalue weighted by Gasteiger charge is 2.72. The predicted molar refractivity (Wildman–Crippen MR) is 101 cm³/mol. The fraction of sp³-hybridized carbons (Fsp3) is 0.783. The van der Waals surface area contributed by atoms with Gasteiger partial charge in [0, 0.05) is 31.1 Å². The lowest BCUT2D eigenvalue weighted by Gasteiger charge is -2.56. The van der Waals surface area contributed by atoms with E-state index in [9.17, 15) is 14.4 Å². The summed E-state index contributed by atoms with van der Waals surface area (Å²) >= 11 is 0. The van der Waals surface area contributed by atoms with Gasteiger partial charge in [0.1, 0.15) is 11.5 Å². The zero-order valence-electron chi connectivity index (χ0n) is 17.3. The second-order valence-electron chi connectivity index (χ2n) is 10.3. The van der Waals surface area contributed by atoms with Crippen LogP contribution in [0.25, 0.3) is 0 Å². The smallest absolute Gasteiger partial charge is 0.303 e. The molecule has 1 heterocycles. The topological polar surface area (TPSA) is 73.0 Å². The zero-order chi connectivity index (χ0) is 20.1. The van der Waals surface area contributed by atoms with Gasteiger partial charge >= 0.3 is 5.97 Å². The van der Waals surface area contributed by atoms with E-state index in [4.69, 9.17) is 9.47 Å². The predicted octanol–water partition coefficient (Wildman–Crippen LogP) is 3.75. The molecule has 3 unspecified atom stereocenters. The number of allylic oxidation sites excluding steroid dienone is 1. The van der Waals surface area contributed by atoms with E-state index < -0.39 is 5.60 Å². The average Bonchev–Trinajstić information content (AvgIpc) is 3.35. The maximum absolute atomic E-state index is 12.8. The lowest BCUT2D eigenvalue weighted by Crippen LogP contribution is -2.59. The van der Waals surface area contributed by atoms with Crippen LogP contribution in [0.3, 0.4) is 0 Å². The van der Waals surface area contributed by atoms with Crippen LogP contribution in [0.15, 0.2) is 11.3 Å². The molecule has 5 rings (SSSR count). The third-order valence-corrected chi connectivity index (χ3v) is 9.25.